The molecule has 0 aromatic carbocycles. The fourth-order valence-electron chi connectivity index (χ4n) is 1.57. The fourth-order valence-corrected chi connectivity index (χ4v) is 2.46. The van der Waals surface area contributed by atoms with E-state index in [1.165, 1.54) is 0 Å². The smallest absolute Gasteiger partial charge is 0.123 e. The van der Waals surface area contributed by atoms with Crippen molar-refractivity contribution in [1.29, 1.82) is 0 Å². The average Bonchev–Trinajstić information content (AvgIpc) is 2.64. The molecule has 16 heavy (non-hydrogen) atoms. The van der Waals surface area contributed by atoms with Gasteiger partial charge in [-0.25, -0.2) is 4.98 Å². The van der Waals surface area contributed by atoms with E-state index in [1.54, 1.807) is 18.3 Å². The zero-order chi connectivity index (χ0) is 11.7. The number of thiazole rings is 1. The first-order valence-corrected chi connectivity index (χ1v) is 6.03. The van der Waals surface area contributed by atoms with E-state index in [4.69, 9.17) is 0 Å². The molecule has 1 unspecified atom stereocenters. The lowest BCUT2D eigenvalue weighted by Gasteiger charge is -2.01. The summed E-state index contributed by atoms with van der Waals surface area (Å²) < 4.78 is 0. The zero-order valence-corrected chi connectivity index (χ0v) is 10.4. The van der Waals surface area contributed by atoms with Crippen LogP contribution < -0.4 is 0 Å². The van der Waals surface area contributed by atoms with Crippen LogP contribution in [0, 0.1) is 13.8 Å². The monoisotopic (exact) mass is 234 g/mol. The van der Waals surface area contributed by atoms with Gasteiger partial charge >= 0.3 is 0 Å². The number of aromatic nitrogens is 2. The minimum Gasteiger partial charge on any atom is -0.387 e. The standard InChI is InChI=1S/C12H14N2OS/c1-7-4-10(5-8(2)13-7)12-14-11(6-16-12)9(3)15/h4-6,9,15H,1-3H3. The molecule has 2 aromatic heterocycles. The van der Waals surface area contributed by atoms with E-state index in [0.717, 1.165) is 27.7 Å². The zero-order valence-electron chi connectivity index (χ0n) is 9.56. The van der Waals surface area contributed by atoms with Crippen LogP contribution in [0.4, 0.5) is 0 Å². The van der Waals surface area contributed by atoms with Gasteiger partial charge in [0.2, 0.25) is 0 Å². The molecule has 0 amide bonds. The molecule has 0 bridgehead atoms. The quantitative estimate of drug-likeness (QED) is 0.869. The molecule has 0 saturated carbocycles. The molecule has 0 aliphatic rings. The molecule has 0 aliphatic heterocycles. The summed E-state index contributed by atoms with van der Waals surface area (Å²) in [6, 6.07) is 4.02. The second-order valence-electron chi connectivity index (χ2n) is 3.89. The number of hydrogen-bond acceptors (Lipinski definition) is 4. The molecule has 4 heteroatoms. The van der Waals surface area contributed by atoms with E-state index in [9.17, 15) is 5.11 Å². The number of pyridine rings is 1. The normalized spacial score (nSPS) is 12.8. The second-order valence-corrected chi connectivity index (χ2v) is 4.75. The predicted octanol–water partition coefficient (Wildman–Crippen LogP) is 2.88. The van der Waals surface area contributed by atoms with E-state index in [0.29, 0.717) is 0 Å². The summed E-state index contributed by atoms with van der Waals surface area (Å²) in [6.45, 7) is 5.67. The van der Waals surface area contributed by atoms with Crippen molar-refractivity contribution in [3.8, 4) is 10.6 Å². The Balaban J connectivity index is 2.42. The van der Waals surface area contributed by atoms with Crippen LogP contribution in [0.25, 0.3) is 10.6 Å². The minimum absolute atomic E-state index is 0.506. The van der Waals surface area contributed by atoms with Crippen molar-refractivity contribution in [2.75, 3.05) is 0 Å². The lowest BCUT2D eigenvalue weighted by molar-refractivity contribution is 0.195. The molecule has 1 N–H and O–H groups in total. The van der Waals surface area contributed by atoms with Crippen molar-refractivity contribution >= 4 is 11.3 Å². The molecular formula is C12H14N2OS. The Kier molecular flexibility index (Phi) is 3.03. The molecule has 2 aromatic rings. The third-order valence-electron chi connectivity index (χ3n) is 2.28. The third-order valence-corrected chi connectivity index (χ3v) is 3.19. The van der Waals surface area contributed by atoms with Crippen molar-refractivity contribution in [3.05, 3.63) is 34.6 Å². The van der Waals surface area contributed by atoms with Gasteiger partial charge in [0.15, 0.2) is 0 Å². The SMILES string of the molecule is Cc1cc(-c2nc(C(C)O)cs2)cc(C)n1. The largest absolute Gasteiger partial charge is 0.387 e. The topological polar surface area (TPSA) is 46.0 Å². The van der Waals surface area contributed by atoms with Crippen molar-refractivity contribution < 1.29 is 5.11 Å². The number of aliphatic hydroxyl groups excluding tert-OH is 1. The Morgan fingerprint density at radius 1 is 1.19 bits per heavy atom. The summed E-state index contributed by atoms with van der Waals surface area (Å²) in [6.07, 6.45) is -0.506. The van der Waals surface area contributed by atoms with Crippen LogP contribution in [0.2, 0.25) is 0 Å². The Labute approximate surface area is 98.8 Å². The van der Waals surface area contributed by atoms with Gasteiger partial charge in [0.25, 0.3) is 0 Å². The number of aliphatic hydroxyl groups is 1. The van der Waals surface area contributed by atoms with Crippen LogP contribution >= 0.6 is 11.3 Å². The summed E-state index contributed by atoms with van der Waals surface area (Å²) in [5, 5.41) is 12.3. The lowest BCUT2D eigenvalue weighted by Crippen LogP contribution is -1.91. The first-order chi connectivity index (χ1) is 7.56. The fraction of sp³-hybridized carbons (Fsp3) is 0.333. The van der Waals surface area contributed by atoms with Gasteiger partial charge in [-0.05, 0) is 32.9 Å². The maximum absolute atomic E-state index is 9.42. The van der Waals surface area contributed by atoms with Crippen LogP contribution in [-0.2, 0) is 0 Å². The number of rotatable bonds is 2. The number of nitrogens with zero attached hydrogens (tertiary/aromatic N) is 2. The van der Waals surface area contributed by atoms with Gasteiger partial charge in [0.1, 0.15) is 5.01 Å². The van der Waals surface area contributed by atoms with Crippen LogP contribution in [0.3, 0.4) is 0 Å². The first-order valence-electron chi connectivity index (χ1n) is 5.15. The van der Waals surface area contributed by atoms with Gasteiger partial charge in [0.05, 0.1) is 11.8 Å². The highest BCUT2D eigenvalue weighted by Gasteiger charge is 2.09. The maximum Gasteiger partial charge on any atom is 0.123 e. The molecular weight excluding hydrogens is 220 g/mol. The highest BCUT2D eigenvalue weighted by Crippen LogP contribution is 2.26. The van der Waals surface area contributed by atoms with Crippen molar-refractivity contribution in [2.45, 2.75) is 26.9 Å². The Morgan fingerprint density at radius 2 is 1.81 bits per heavy atom. The van der Waals surface area contributed by atoms with Crippen molar-refractivity contribution in [2.24, 2.45) is 0 Å². The number of hydrogen-bond donors (Lipinski definition) is 1. The van der Waals surface area contributed by atoms with Crippen LogP contribution in [-0.4, -0.2) is 15.1 Å². The average molecular weight is 234 g/mol. The third kappa shape index (κ3) is 2.28. The van der Waals surface area contributed by atoms with E-state index in [-0.39, 0.29) is 0 Å². The van der Waals surface area contributed by atoms with E-state index >= 15 is 0 Å². The molecule has 0 saturated heterocycles. The van der Waals surface area contributed by atoms with E-state index in [2.05, 4.69) is 9.97 Å². The van der Waals surface area contributed by atoms with Crippen molar-refractivity contribution in [1.82, 2.24) is 9.97 Å². The molecule has 84 valence electrons. The molecule has 3 nitrogen and oxygen atoms in total. The summed E-state index contributed by atoms with van der Waals surface area (Å²) in [4.78, 5) is 8.73. The van der Waals surface area contributed by atoms with E-state index in [1.807, 2.05) is 31.4 Å². The summed E-state index contributed by atoms with van der Waals surface area (Å²) in [7, 11) is 0. The molecule has 0 radical (unpaired) electrons. The highest BCUT2D eigenvalue weighted by molar-refractivity contribution is 7.13. The lowest BCUT2D eigenvalue weighted by atomic mass is 10.2. The van der Waals surface area contributed by atoms with Crippen LogP contribution in [0.5, 0.6) is 0 Å². The molecule has 0 spiro atoms. The predicted molar refractivity (Wildman–Crippen MR) is 65.5 cm³/mol. The molecule has 0 fully saturated rings. The Bertz CT molecular complexity index is 485. The highest BCUT2D eigenvalue weighted by atomic mass is 32.1. The first kappa shape index (κ1) is 11.2. The van der Waals surface area contributed by atoms with Gasteiger partial charge < -0.3 is 5.11 Å². The molecule has 2 rings (SSSR count). The van der Waals surface area contributed by atoms with Gasteiger partial charge in [0, 0.05) is 22.3 Å². The van der Waals surface area contributed by atoms with Gasteiger partial charge in [-0.3, -0.25) is 4.98 Å². The van der Waals surface area contributed by atoms with Crippen LogP contribution in [0.15, 0.2) is 17.5 Å². The van der Waals surface area contributed by atoms with Crippen LogP contribution in [0.1, 0.15) is 30.1 Å². The van der Waals surface area contributed by atoms with Crippen molar-refractivity contribution in [3.63, 3.8) is 0 Å². The Hall–Kier alpha value is -1.26. The minimum atomic E-state index is -0.506. The Morgan fingerprint density at radius 3 is 2.31 bits per heavy atom. The van der Waals surface area contributed by atoms with Gasteiger partial charge in [-0.2, -0.15) is 0 Å². The van der Waals surface area contributed by atoms with E-state index < -0.39 is 6.10 Å². The molecule has 2 heterocycles. The summed E-state index contributed by atoms with van der Waals surface area (Å²) in [5.74, 6) is 0. The second kappa shape index (κ2) is 4.31. The summed E-state index contributed by atoms with van der Waals surface area (Å²) in [5.41, 5.74) is 3.78. The number of aryl methyl sites for hydroxylation is 2. The summed E-state index contributed by atoms with van der Waals surface area (Å²) >= 11 is 1.55. The molecule has 0 aliphatic carbocycles. The maximum atomic E-state index is 9.42. The molecule has 1 atom stereocenters. The van der Waals surface area contributed by atoms with Gasteiger partial charge in [-0.15, -0.1) is 11.3 Å². The van der Waals surface area contributed by atoms with Gasteiger partial charge in [-0.1, -0.05) is 0 Å².